The Hall–Kier alpha value is -0.995. The van der Waals surface area contributed by atoms with Gasteiger partial charge in [0.2, 0.25) is 0 Å². The summed E-state index contributed by atoms with van der Waals surface area (Å²) in [5.41, 5.74) is 1.57. The number of benzene rings is 1. The number of rotatable bonds is 4. The lowest BCUT2D eigenvalue weighted by atomic mass is 9.80. The molecule has 0 unspecified atom stereocenters. The third kappa shape index (κ3) is 2.50. The van der Waals surface area contributed by atoms with E-state index in [2.05, 4.69) is 5.32 Å². The second-order valence-electron chi connectivity index (χ2n) is 3.82. The van der Waals surface area contributed by atoms with Gasteiger partial charge < -0.3 is 15.4 Å². The lowest BCUT2D eigenvalue weighted by Crippen LogP contribution is -2.29. The van der Waals surface area contributed by atoms with Crippen LogP contribution in [0.2, 0.25) is 0 Å². The van der Waals surface area contributed by atoms with Crippen molar-refractivity contribution in [3.05, 3.63) is 24.3 Å². The van der Waals surface area contributed by atoms with Crippen molar-refractivity contribution in [1.29, 1.82) is 0 Å². The molecule has 0 atom stereocenters. The Labute approximate surface area is 83.9 Å². The Morgan fingerprint density at radius 1 is 1.21 bits per heavy atom. The fourth-order valence-corrected chi connectivity index (χ4v) is 1.36. The van der Waals surface area contributed by atoms with Gasteiger partial charge in [0.25, 0.3) is 0 Å². The molecule has 74 valence electrons. The first-order valence-electron chi connectivity index (χ1n) is 4.95. The highest BCUT2D eigenvalue weighted by Crippen LogP contribution is 2.28. The molecule has 0 heterocycles. The molecule has 1 aliphatic carbocycles. The van der Waals surface area contributed by atoms with Crippen LogP contribution in [0.4, 0.5) is 5.69 Å². The summed E-state index contributed by atoms with van der Waals surface area (Å²) in [6.07, 6.45) is 2.67. The van der Waals surface area contributed by atoms with Gasteiger partial charge in [-0.3, -0.25) is 0 Å². The van der Waals surface area contributed by atoms with Gasteiger partial charge in [-0.25, -0.2) is 0 Å². The van der Waals surface area contributed by atoms with Gasteiger partial charge in [0, 0.05) is 12.2 Å². The standard InChI is InChI=1S/C10H14BNO2/c13-11(14)9-3-5-10(6-4-9)12-7-8-1-2-8/h3-6,8,12-14H,1-2,7H2. The fourth-order valence-electron chi connectivity index (χ4n) is 1.36. The molecule has 0 radical (unpaired) electrons. The van der Waals surface area contributed by atoms with Crippen molar-refractivity contribution in [2.75, 3.05) is 11.9 Å². The largest absolute Gasteiger partial charge is 0.488 e. The molecule has 1 aliphatic rings. The van der Waals surface area contributed by atoms with E-state index >= 15 is 0 Å². The number of hydrogen-bond donors (Lipinski definition) is 3. The molecule has 1 aromatic carbocycles. The Morgan fingerprint density at radius 3 is 2.36 bits per heavy atom. The molecule has 0 aliphatic heterocycles. The highest BCUT2D eigenvalue weighted by atomic mass is 16.4. The van der Waals surface area contributed by atoms with Crippen LogP contribution < -0.4 is 10.8 Å². The second kappa shape index (κ2) is 4.03. The number of anilines is 1. The minimum Gasteiger partial charge on any atom is -0.423 e. The highest BCUT2D eigenvalue weighted by molar-refractivity contribution is 6.58. The molecule has 2 rings (SSSR count). The average molecular weight is 191 g/mol. The minimum absolute atomic E-state index is 0.530. The maximum absolute atomic E-state index is 8.88. The van der Waals surface area contributed by atoms with Crippen molar-refractivity contribution in [2.45, 2.75) is 12.8 Å². The van der Waals surface area contributed by atoms with E-state index in [-0.39, 0.29) is 0 Å². The fraction of sp³-hybridized carbons (Fsp3) is 0.400. The smallest absolute Gasteiger partial charge is 0.423 e. The summed E-state index contributed by atoms with van der Waals surface area (Å²) >= 11 is 0. The average Bonchev–Trinajstić information content (AvgIpc) is 2.99. The molecular formula is C10H14BNO2. The zero-order chi connectivity index (χ0) is 9.97. The van der Waals surface area contributed by atoms with Gasteiger partial charge in [0.15, 0.2) is 0 Å². The lowest BCUT2D eigenvalue weighted by molar-refractivity contribution is 0.426. The molecule has 1 aromatic rings. The van der Waals surface area contributed by atoms with Crippen LogP contribution in [0.1, 0.15) is 12.8 Å². The molecule has 0 bridgehead atoms. The van der Waals surface area contributed by atoms with Gasteiger partial charge in [-0.15, -0.1) is 0 Å². The van der Waals surface area contributed by atoms with Crippen LogP contribution in [0.5, 0.6) is 0 Å². The third-order valence-electron chi connectivity index (χ3n) is 2.50. The minimum atomic E-state index is -1.37. The van der Waals surface area contributed by atoms with Crippen LogP contribution in [0, 0.1) is 5.92 Å². The molecule has 1 fully saturated rings. The monoisotopic (exact) mass is 191 g/mol. The van der Waals surface area contributed by atoms with E-state index in [0.29, 0.717) is 5.46 Å². The molecule has 3 N–H and O–H groups in total. The SMILES string of the molecule is OB(O)c1ccc(NCC2CC2)cc1. The van der Waals surface area contributed by atoms with Crippen LogP contribution in [0.15, 0.2) is 24.3 Å². The molecule has 0 amide bonds. The lowest BCUT2D eigenvalue weighted by Gasteiger charge is -2.06. The third-order valence-corrected chi connectivity index (χ3v) is 2.50. The molecule has 0 aromatic heterocycles. The van der Waals surface area contributed by atoms with Crippen LogP contribution in [0.3, 0.4) is 0 Å². The Bertz CT molecular complexity index is 295. The van der Waals surface area contributed by atoms with Gasteiger partial charge in [0.05, 0.1) is 0 Å². The van der Waals surface area contributed by atoms with E-state index < -0.39 is 7.12 Å². The van der Waals surface area contributed by atoms with E-state index in [1.54, 1.807) is 12.1 Å². The summed E-state index contributed by atoms with van der Waals surface area (Å²) in [6.45, 7) is 1.03. The summed E-state index contributed by atoms with van der Waals surface area (Å²) in [6, 6.07) is 7.19. The summed E-state index contributed by atoms with van der Waals surface area (Å²) in [7, 11) is -1.37. The van der Waals surface area contributed by atoms with E-state index in [4.69, 9.17) is 10.0 Å². The summed E-state index contributed by atoms with van der Waals surface area (Å²) < 4.78 is 0. The first kappa shape index (κ1) is 9.56. The topological polar surface area (TPSA) is 52.5 Å². The van der Waals surface area contributed by atoms with Gasteiger partial charge in [0.1, 0.15) is 0 Å². The van der Waals surface area contributed by atoms with Gasteiger partial charge in [-0.1, -0.05) is 12.1 Å². The Kier molecular flexibility index (Phi) is 2.75. The molecule has 3 nitrogen and oxygen atoms in total. The quantitative estimate of drug-likeness (QED) is 0.595. The van der Waals surface area contributed by atoms with Crippen molar-refractivity contribution >= 4 is 18.3 Å². The normalized spacial score (nSPS) is 15.3. The van der Waals surface area contributed by atoms with Crippen molar-refractivity contribution < 1.29 is 10.0 Å². The molecule has 4 heteroatoms. The second-order valence-corrected chi connectivity index (χ2v) is 3.82. The zero-order valence-electron chi connectivity index (χ0n) is 7.98. The van der Waals surface area contributed by atoms with Crippen molar-refractivity contribution in [1.82, 2.24) is 0 Å². The van der Waals surface area contributed by atoms with Gasteiger partial charge in [-0.05, 0) is 36.4 Å². The van der Waals surface area contributed by atoms with Crippen LogP contribution >= 0.6 is 0 Å². The van der Waals surface area contributed by atoms with E-state index in [0.717, 1.165) is 18.2 Å². The molecule has 0 spiro atoms. The molecule has 1 saturated carbocycles. The van der Waals surface area contributed by atoms with Crippen molar-refractivity contribution in [2.24, 2.45) is 5.92 Å². The summed E-state index contributed by atoms with van der Waals surface area (Å²) in [5, 5.41) is 21.1. The molecule has 14 heavy (non-hydrogen) atoms. The van der Waals surface area contributed by atoms with Crippen molar-refractivity contribution in [3.8, 4) is 0 Å². The van der Waals surface area contributed by atoms with Crippen molar-refractivity contribution in [3.63, 3.8) is 0 Å². The van der Waals surface area contributed by atoms with Gasteiger partial charge >= 0.3 is 7.12 Å². The van der Waals surface area contributed by atoms with Crippen LogP contribution in [0.25, 0.3) is 0 Å². The van der Waals surface area contributed by atoms with E-state index in [1.807, 2.05) is 12.1 Å². The van der Waals surface area contributed by atoms with Gasteiger partial charge in [-0.2, -0.15) is 0 Å². The maximum atomic E-state index is 8.88. The van der Waals surface area contributed by atoms with Crippen LogP contribution in [-0.2, 0) is 0 Å². The van der Waals surface area contributed by atoms with Crippen LogP contribution in [-0.4, -0.2) is 23.7 Å². The number of hydrogen-bond acceptors (Lipinski definition) is 3. The first-order valence-corrected chi connectivity index (χ1v) is 4.95. The Morgan fingerprint density at radius 2 is 1.86 bits per heavy atom. The predicted octanol–water partition coefficient (Wildman–Crippen LogP) is 0.188. The maximum Gasteiger partial charge on any atom is 0.488 e. The molecular weight excluding hydrogens is 177 g/mol. The summed E-state index contributed by atoms with van der Waals surface area (Å²) in [4.78, 5) is 0. The summed E-state index contributed by atoms with van der Waals surface area (Å²) in [5.74, 6) is 0.845. The number of nitrogens with one attached hydrogen (secondary N) is 1. The Balaban J connectivity index is 1.91. The molecule has 0 saturated heterocycles. The highest BCUT2D eigenvalue weighted by Gasteiger charge is 2.20. The van der Waals surface area contributed by atoms with E-state index in [9.17, 15) is 0 Å². The first-order chi connectivity index (χ1) is 6.75. The predicted molar refractivity (Wildman–Crippen MR) is 57.5 cm³/mol. The van der Waals surface area contributed by atoms with E-state index in [1.165, 1.54) is 12.8 Å². The zero-order valence-corrected chi connectivity index (χ0v) is 7.98.